The van der Waals surface area contributed by atoms with Gasteiger partial charge in [0, 0.05) is 11.5 Å². The van der Waals surface area contributed by atoms with Crippen molar-refractivity contribution in [2.45, 2.75) is 0 Å². The summed E-state index contributed by atoms with van der Waals surface area (Å²) in [6.07, 6.45) is 1.78. The molecule has 3 aromatic rings. The van der Waals surface area contributed by atoms with Crippen molar-refractivity contribution < 1.29 is 9.53 Å². The highest BCUT2D eigenvalue weighted by atomic mass is 16.5. The number of nitrogens with two attached hydrogens (primary N) is 1. The number of hydrogen-bond donors (Lipinski definition) is 2. The Morgan fingerprint density at radius 2 is 2.14 bits per heavy atom. The summed E-state index contributed by atoms with van der Waals surface area (Å²) in [6, 6.07) is 11.3. The zero-order valence-corrected chi connectivity index (χ0v) is 11.0. The highest BCUT2D eigenvalue weighted by molar-refractivity contribution is 5.96. The number of ether oxygens (including phenoxy) is 1. The first kappa shape index (κ1) is 11.8. The number of para-hydroxylation sites is 1. The highest BCUT2D eigenvalue weighted by Crippen LogP contribution is 2.35. The van der Waals surface area contributed by atoms with Gasteiger partial charge >= 0.3 is 0 Å². The van der Waals surface area contributed by atoms with Gasteiger partial charge in [0.05, 0.1) is 28.8 Å². The first-order valence-corrected chi connectivity index (χ1v) is 6.52. The highest BCUT2D eigenvalue weighted by Gasteiger charge is 2.19. The molecular weight excluding hydrogens is 268 g/mol. The first-order valence-electron chi connectivity index (χ1n) is 6.52. The molecule has 0 saturated heterocycles. The van der Waals surface area contributed by atoms with Crippen LogP contribution in [0.25, 0.3) is 16.6 Å². The summed E-state index contributed by atoms with van der Waals surface area (Å²) >= 11 is 0. The van der Waals surface area contributed by atoms with Crippen molar-refractivity contribution in [3.8, 4) is 11.4 Å². The molecule has 1 aromatic heterocycles. The predicted octanol–water partition coefficient (Wildman–Crippen LogP) is 1.94. The van der Waals surface area contributed by atoms with Gasteiger partial charge in [-0.2, -0.15) is 5.10 Å². The molecule has 0 bridgehead atoms. The van der Waals surface area contributed by atoms with Crippen molar-refractivity contribution in [3.05, 3.63) is 42.6 Å². The minimum Gasteiger partial charge on any atom is -0.482 e. The van der Waals surface area contributed by atoms with Gasteiger partial charge in [-0.25, -0.2) is 4.68 Å². The average Bonchev–Trinajstić information content (AvgIpc) is 2.91. The third-order valence-corrected chi connectivity index (χ3v) is 3.47. The van der Waals surface area contributed by atoms with Crippen LogP contribution >= 0.6 is 0 Å². The lowest BCUT2D eigenvalue weighted by molar-refractivity contribution is -0.118. The molecule has 104 valence electrons. The molecule has 4 rings (SSSR count). The van der Waals surface area contributed by atoms with E-state index >= 15 is 0 Å². The monoisotopic (exact) mass is 280 g/mol. The molecule has 1 amide bonds. The van der Waals surface area contributed by atoms with Gasteiger partial charge < -0.3 is 15.8 Å². The topological polar surface area (TPSA) is 82.2 Å². The lowest BCUT2D eigenvalue weighted by Gasteiger charge is -2.20. The van der Waals surface area contributed by atoms with Gasteiger partial charge in [-0.05, 0) is 12.1 Å². The summed E-state index contributed by atoms with van der Waals surface area (Å²) in [4.78, 5) is 11.4. The fraction of sp³-hybridized carbons (Fsp3) is 0.0667. The molecule has 0 saturated carbocycles. The maximum absolute atomic E-state index is 11.4. The molecule has 21 heavy (non-hydrogen) atoms. The van der Waals surface area contributed by atoms with Crippen LogP contribution in [-0.4, -0.2) is 22.3 Å². The number of rotatable bonds is 1. The van der Waals surface area contributed by atoms with Crippen LogP contribution in [0.2, 0.25) is 0 Å². The number of fused-ring (bicyclic) bond motifs is 2. The van der Waals surface area contributed by atoms with Crippen LogP contribution in [-0.2, 0) is 4.79 Å². The largest absolute Gasteiger partial charge is 0.482 e. The van der Waals surface area contributed by atoms with Gasteiger partial charge in [0.25, 0.3) is 5.91 Å². The Bertz CT molecular complexity index is 869. The van der Waals surface area contributed by atoms with Crippen LogP contribution in [0.4, 0.5) is 11.4 Å². The summed E-state index contributed by atoms with van der Waals surface area (Å²) in [5.74, 6) is 0.399. The van der Waals surface area contributed by atoms with Crippen LogP contribution in [0.1, 0.15) is 0 Å². The van der Waals surface area contributed by atoms with E-state index in [1.807, 2.05) is 24.3 Å². The summed E-state index contributed by atoms with van der Waals surface area (Å²) in [6.45, 7) is 0.0104. The minimum atomic E-state index is -0.177. The van der Waals surface area contributed by atoms with Crippen molar-refractivity contribution >= 4 is 28.2 Å². The van der Waals surface area contributed by atoms with Crippen molar-refractivity contribution in [1.82, 2.24) is 9.78 Å². The SMILES string of the molecule is Nc1cc2c(cc1-n1ncc3ccccc31)NC(=O)CO2. The van der Waals surface area contributed by atoms with Gasteiger partial charge in [-0.15, -0.1) is 0 Å². The third kappa shape index (κ3) is 1.80. The van der Waals surface area contributed by atoms with Crippen molar-refractivity contribution in [1.29, 1.82) is 0 Å². The molecule has 0 spiro atoms. The standard InChI is InChI=1S/C15H12N4O2/c16-10-5-14-11(18-15(20)8-21-14)6-13(10)19-12-4-2-1-3-9(12)7-17-19/h1-7H,8,16H2,(H,18,20). The Kier molecular flexibility index (Phi) is 2.38. The molecule has 1 aliphatic heterocycles. The van der Waals surface area contributed by atoms with Crippen LogP contribution < -0.4 is 15.8 Å². The molecule has 0 aliphatic carbocycles. The van der Waals surface area contributed by atoms with Crippen LogP contribution in [0.5, 0.6) is 5.75 Å². The molecule has 1 aliphatic rings. The quantitative estimate of drug-likeness (QED) is 0.667. The van der Waals surface area contributed by atoms with E-state index in [4.69, 9.17) is 10.5 Å². The molecule has 2 heterocycles. The summed E-state index contributed by atoms with van der Waals surface area (Å²) < 4.78 is 7.11. The predicted molar refractivity (Wildman–Crippen MR) is 79.6 cm³/mol. The van der Waals surface area contributed by atoms with Crippen molar-refractivity contribution in [2.24, 2.45) is 0 Å². The van der Waals surface area contributed by atoms with Gasteiger partial charge in [0.1, 0.15) is 5.75 Å². The normalized spacial score (nSPS) is 13.6. The van der Waals surface area contributed by atoms with E-state index < -0.39 is 0 Å². The molecule has 0 atom stereocenters. The fourth-order valence-electron chi connectivity index (χ4n) is 2.48. The Balaban J connectivity index is 1.92. The average molecular weight is 280 g/mol. The number of benzene rings is 2. The summed E-state index contributed by atoms with van der Waals surface area (Å²) in [5.41, 5.74) is 8.92. The Morgan fingerprint density at radius 3 is 3.05 bits per heavy atom. The first-order chi connectivity index (χ1) is 10.2. The molecule has 6 heteroatoms. The minimum absolute atomic E-state index is 0.0104. The second kappa shape index (κ2) is 4.24. The van der Waals surface area contributed by atoms with E-state index in [-0.39, 0.29) is 12.5 Å². The van der Waals surface area contributed by atoms with E-state index in [9.17, 15) is 4.79 Å². The van der Waals surface area contributed by atoms with E-state index in [1.165, 1.54) is 0 Å². The number of carbonyl (C=O) groups is 1. The summed E-state index contributed by atoms with van der Waals surface area (Å²) in [5, 5.41) is 8.18. The lowest BCUT2D eigenvalue weighted by atomic mass is 10.2. The lowest BCUT2D eigenvalue weighted by Crippen LogP contribution is -2.25. The molecule has 3 N–H and O–H groups in total. The maximum Gasteiger partial charge on any atom is 0.262 e. The van der Waals surface area contributed by atoms with Crippen molar-refractivity contribution in [3.63, 3.8) is 0 Å². The number of anilines is 2. The van der Waals surface area contributed by atoms with Crippen molar-refractivity contribution in [2.75, 3.05) is 17.7 Å². The summed E-state index contributed by atoms with van der Waals surface area (Å²) in [7, 11) is 0. The molecule has 0 fully saturated rings. The Labute approximate surface area is 120 Å². The van der Waals surface area contributed by atoms with Crippen LogP contribution in [0.3, 0.4) is 0 Å². The molecular formula is C15H12N4O2. The van der Waals surface area contributed by atoms with Gasteiger partial charge in [0.2, 0.25) is 0 Å². The van der Waals surface area contributed by atoms with E-state index in [0.717, 1.165) is 10.9 Å². The zero-order chi connectivity index (χ0) is 14.4. The second-order valence-electron chi connectivity index (χ2n) is 4.86. The van der Waals surface area contributed by atoms with Crippen LogP contribution in [0.15, 0.2) is 42.6 Å². The maximum atomic E-state index is 11.4. The fourth-order valence-corrected chi connectivity index (χ4v) is 2.48. The number of nitrogens with zero attached hydrogens (tertiary/aromatic N) is 2. The zero-order valence-electron chi connectivity index (χ0n) is 11.0. The van der Waals surface area contributed by atoms with E-state index in [1.54, 1.807) is 23.0 Å². The molecule has 6 nitrogen and oxygen atoms in total. The Hall–Kier alpha value is -3.02. The number of hydrogen-bond acceptors (Lipinski definition) is 4. The van der Waals surface area contributed by atoms with Gasteiger partial charge in [0.15, 0.2) is 6.61 Å². The molecule has 0 unspecified atom stereocenters. The number of amides is 1. The van der Waals surface area contributed by atoms with E-state index in [2.05, 4.69) is 10.4 Å². The smallest absolute Gasteiger partial charge is 0.262 e. The number of aromatic nitrogens is 2. The van der Waals surface area contributed by atoms with Crippen LogP contribution in [0, 0.1) is 0 Å². The Morgan fingerprint density at radius 1 is 1.29 bits per heavy atom. The number of nitrogen functional groups attached to an aromatic ring is 1. The number of nitrogens with one attached hydrogen (secondary N) is 1. The molecule has 0 radical (unpaired) electrons. The van der Waals surface area contributed by atoms with Gasteiger partial charge in [-0.1, -0.05) is 18.2 Å². The van der Waals surface area contributed by atoms with Gasteiger partial charge in [-0.3, -0.25) is 4.79 Å². The number of carbonyl (C=O) groups excluding carboxylic acids is 1. The van der Waals surface area contributed by atoms with E-state index in [0.29, 0.717) is 22.8 Å². The second-order valence-corrected chi connectivity index (χ2v) is 4.86. The third-order valence-electron chi connectivity index (χ3n) is 3.47. The molecule has 2 aromatic carbocycles.